The zero-order valence-corrected chi connectivity index (χ0v) is 16.0. The fourth-order valence-electron chi connectivity index (χ4n) is 3.41. The van der Waals surface area contributed by atoms with Gasteiger partial charge in [-0.05, 0) is 23.6 Å². The lowest BCUT2D eigenvalue weighted by Crippen LogP contribution is -2.30. The second-order valence-corrected chi connectivity index (χ2v) is 6.34. The summed E-state index contributed by atoms with van der Waals surface area (Å²) < 4.78 is 9.47. The highest BCUT2D eigenvalue weighted by Crippen LogP contribution is 2.25. The number of primary amides is 1. The van der Waals surface area contributed by atoms with Gasteiger partial charge < -0.3 is 19.6 Å². The Kier molecular flexibility index (Phi) is 5.70. The molecule has 0 spiro atoms. The Labute approximate surface area is 168 Å². The molecule has 0 aliphatic heterocycles. The number of carbonyl (C=O) groups is 1. The SMILES string of the molecule is Cl.N=c1n(CCOc2cccc3ccccc23)c2ccccc2n1CC(N)=O. The van der Waals surface area contributed by atoms with Gasteiger partial charge in [-0.25, -0.2) is 0 Å². The first kappa shape index (κ1) is 19.5. The number of hydrogen-bond donors (Lipinski definition) is 2. The Morgan fingerprint density at radius 3 is 2.32 bits per heavy atom. The highest BCUT2D eigenvalue weighted by molar-refractivity contribution is 5.88. The standard InChI is InChI=1S/C21H20N4O2.ClH/c22-20(26)14-25-18-10-4-3-9-17(18)24(21(25)23)12-13-27-19-11-5-7-15-6-1-2-8-16(15)19;/h1-11,23H,12-14H2,(H2,22,26);1H. The van der Waals surface area contributed by atoms with E-state index in [2.05, 4.69) is 12.1 Å². The topological polar surface area (TPSA) is 86.0 Å². The van der Waals surface area contributed by atoms with Crippen molar-refractivity contribution in [2.24, 2.45) is 5.73 Å². The van der Waals surface area contributed by atoms with E-state index in [1.807, 2.05) is 59.2 Å². The number of aromatic nitrogens is 2. The number of imidazole rings is 1. The molecular weight excluding hydrogens is 376 g/mol. The molecular formula is C21H21ClN4O2. The first-order valence-corrected chi connectivity index (χ1v) is 8.76. The van der Waals surface area contributed by atoms with Crippen molar-refractivity contribution in [2.75, 3.05) is 6.61 Å². The third kappa shape index (κ3) is 3.59. The third-order valence-corrected chi connectivity index (χ3v) is 4.61. The van der Waals surface area contributed by atoms with E-state index in [9.17, 15) is 4.79 Å². The minimum atomic E-state index is -0.469. The molecule has 0 radical (unpaired) electrons. The number of nitrogens with one attached hydrogen (secondary N) is 1. The third-order valence-electron chi connectivity index (χ3n) is 4.61. The molecule has 0 unspecified atom stereocenters. The summed E-state index contributed by atoms with van der Waals surface area (Å²) in [5, 5.41) is 10.6. The van der Waals surface area contributed by atoms with Gasteiger partial charge in [0.2, 0.25) is 11.5 Å². The number of nitrogens with two attached hydrogens (primary N) is 1. The van der Waals surface area contributed by atoms with Crippen LogP contribution in [-0.2, 0) is 17.9 Å². The van der Waals surface area contributed by atoms with Crippen LogP contribution in [0.15, 0.2) is 66.7 Å². The number of rotatable bonds is 6. The van der Waals surface area contributed by atoms with Crippen LogP contribution in [0.1, 0.15) is 0 Å². The van der Waals surface area contributed by atoms with Crippen molar-refractivity contribution < 1.29 is 9.53 Å². The lowest BCUT2D eigenvalue weighted by molar-refractivity contribution is -0.118. The fourth-order valence-corrected chi connectivity index (χ4v) is 3.41. The van der Waals surface area contributed by atoms with Gasteiger partial charge in [-0.15, -0.1) is 12.4 Å². The normalized spacial score (nSPS) is 10.7. The number of amides is 1. The summed E-state index contributed by atoms with van der Waals surface area (Å²) in [4.78, 5) is 11.4. The summed E-state index contributed by atoms with van der Waals surface area (Å²) in [6.07, 6.45) is 0. The van der Waals surface area contributed by atoms with Crippen molar-refractivity contribution >= 4 is 40.1 Å². The van der Waals surface area contributed by atoms with Crippen molar-refractivity contribution in [3.8, 4) is 5.75 Å². The fraction of sp³-hybridized carbons (Fsp3) is 0.143. The Balaban J connectivity index is 0.00000225. The van der Waals surface area contributed by atoms with Crippen molar-refractivity contribution in [2.45, 2.75) is 13.1 Å². The molecule has 3 N–H and O–H groups in total. The molecule has 1 amide bonds. The van der Waals surface area contributed by atoms with E-state index in [0.29, 0.717) is 13.2 Å². The summed E-state index contributed by atoms with van der Waals surface area (Å²) in [7, 11) is 0. The second-order valence-electron chi connectivity index (χ2n) is 6.34. The number of hydrogen-bond acceptors (Lipinski definition) is 3. The van der Waals surface area contributed by atoms with Gasteiger partial charge >= 0.3 is 0 Å². The number of halogens is 1. The Bertz CT molecular complexity index is 1190. The van der Waals surface area contributed by atoms with Crippen LogP contribution in [0.4, 0.5) is 0 Å². The van der Waals surface area contributed by atoms with Crippen LogP contribution < -0.4 is 16.1 Å². The molecule has 0 aliphatic rings. The van der Waals surface area contributed by atoms with Crippen molar-refractivity contribution in [1.82, 2.24) is 9.13 Å². The van der Waals surface area contributed by atoms with E-state index < -0.39 is 5.91 Å². The van der Waals surface area contributed by atoms with E-state index in [-0.39, 0.29) is 24.6 Å². The van der Waals surface area contributed by atoms with Crippen LogP contribution in [0, 0.1) is 5.41 Å². The summed E-state index contributed by atoms with van der Waals surface area (Å²) in [6.45, 7) is 0.889. The summed E-state index contributed by atoms with van der Waals surface area (Å²) in [5.74, 6) is 0.351. The summed E-state index contributed by atoms with van der Waals surface area (Å²) >= 11 is 0. The summed E-state index contributed by atoms with van der Waals surface area (Å²) in [6, 6.07) is 21.7. The van der Waals surface area contributed by atoms with E-state index >= 15 is 0 Å². The van der Waals surface area contributed by atoms with Crippen LogP contribution >= 0.6 is 12.4 Å². The molecule has 0 atom stereocenters. The van der Waals surface area contributed by atoms with Crippen LogP contribution in [0.2, 0.25) is 0 Å². The molecule has 7 heteroatoms. The number of para-hydroxylation sites is 2. The van der Waals surface area contributed by atoms with Gasteiger partial charge in [-0.1, -0.05) is 48.5 Å². The minimum Gasteiger partial charge on any atom is -0.491 e. The molecule has 28 heavy (non-hydrogen) atoms. The largest absolute Gasteiger partial charge is 0.491 e. The number of ether oxygens (including phenoxy) is 1. The van der Waals surface area contributed by atoms with Gasteiger partial charge in [-0.2, -0.15) is 0 Å². The molecule has 0 bridgehead atoms. The molecule has 3 aromatic carbocycles. The van der Waals surface area contributed by atoms with E-state index in [4.69, 9.17) is 15.9 Å². The highest BCUT2D eigenvalue weighted by atomic mass is 35.5. The van der Waals surface area contributed by atoms with Crippen LogP contribution in [0.25, 0.3) is 21.8 Å². The average Bonchev–Trinajstić information content (AvgIpc) is 2.94. The maximum atomic E-state index is 11.4. The lowest BCUT2D eigenvalue weighted by atomic mass is 10.1. The number of fused-ring (bicyclic) bond motifs is 2. The lowest BCUT2D eigenvalue weighted by Gasteiger charge is -2.10. The first-order valence-electron chi connectivity index (χ1n) is 8.76. The van der Waals surface area contributed by atoms with Gasteiger partial charge in [0.25, 0.3) is 0 Å². The van der Waals surface area contributed by atoms with E-state index in [0.717, 1.165) is 27.6 Å². The Hall–Kier alpha value is -3.25. The van der Waals surface area contributed by atoms with Crippen LogP contribution in [0.3, 0.4) is 0 Å². The first-order chi connectivity index (χ1) is 13.1. The van der Waals surface area contributed by atoms with Gasteiger partial charge in [0, 0.05) is 5.39 Å². The molecule has 0 aliphatic carbocycles. The zero-order chi connectivity index (χ0) is 18.8. The number of benzene rings is 3. The molecule has 144 valence electrons. The molecule has 1 aromatic heterocycles. The molecule has 0 saturated carbocycles. The number of carbonyl (C=O) groups excluding carboxylic acids is 1. The van der Waals surface area contributed by atoms with Gasteiger partial charge in [-0.3, -0.25) is 10.2 Å². The van der Waals surface area contributed by atoms with Gasteiger partial charge in [0.05, 0.1) is 17.6 Å². The van der Waals surface area contributed by atoms with E-state index in [1.54, 1.807) is 4.57 Å². The maximum Gasteiger partial charge on any atom is 0.237 e. The Morgan fingerprint density at radius 2 is 1.57 bits per heavy atom. The summed E-state index contributed by atoms with van der Waals surface area (Å²) in [5.41, 5.74) is 7.27. The zero-order valence-electron chi connectivity index (χ0n) is 15.2. The molecule has 0 fully saturated rings. The predicted octanol–water partition coefficient (Wildman–Crippen LogP) is 3.06. The maximum absolute atomic E-state index is 11.4. The molecule has 4 rings (SSSR count). The molecule has 0 saturated heterocycles. The highest BCUT2D eigenvalue weighted by Gasteiger charge is 2.12. The second kappa shape index (κ2) is 8.19. The van der Waals surface area contributed by atoms with Crippen LogP contribution in [-0.4, -0.2) is 21.6 Å². The average molecular weight is 397 g/mol. The molecule has 4 aromatic rings. The van der Waals surface area contributed by atoms with Crippen LogP contribution in [0.5, 0.6) is 5.75 Å². The Morgan fingerprint density at radius 1 is 0.929 bits per heavy atom. The molecule has 6 nitrogen and oxygen atoms in total. The molecule has 1 heterocycles. The quantitative estimate of drug-likeness (QED) is 0.524. The van der Waals surface area contributed by atoms with Gasteiger partial charge in [0.15, 0.2) is 0 Å². The predicted molar refractivity (Wildman–Crippen MR) is 112 cm³/mol. The monoisotopic (exact) mass is 396 g/mol. The smallest absolute Gasteiger partial charge is 0.237 e. The van der Waals surface area contributed by atoms with Gasteiger partial charge in [0.1, 0.15) is 18.9 Å². The van der Waals surface area contributed by atoms with E-state index in [1.165, 1.54) is 0 Å². The van der Waals surface area contributed by atoms with Crippen molar-refractivity contribution in [1.29, 1.82) is 5.41 Å². The van der Waals surface area contributed by atoms with Crippen molar-refractivity contribution in [3.63, 3.8) is 0 Å². The minimum absolute atomic E-state index is 0. The van der Waals surface area contributed by atoms with Crippen molar-refractivity contribution in [3.05, 3.63) is 72.3 Å². The number of nitrogens with zero attached hydrogens (tertiary/aromatic N) is 2.